The first-order valence-corrected chi connectivity index (χ1v) is 12.9. The molecule has 1 aliphatic heterocycles. The molecule has 0 fully saturated rings. The lowest BCUT2D eigenvalue weighted by molar-refractivity contribution is 0.378. The maximum atomic E-state index is 6.25. The lowest BCUT2D eigenvalue weighted by Gasteiger charge is -2.37. The second kappa shape index (κ2) is 9.91. The zero-order valence-corrected chi connectivity index (χ0v) is 22.0. The molecule has 0 bridgehead atoms. The Labute approximate surface area is 226 Å². The molecule has 8 heteroatoms. The van der Waals surface area contributed by atoms with E-state index in [2.05, 4.69) is 46.4 Å². The molecule has 0 saturated heterocycles. The van der Waals surface area contributed by atoms with Crippen LogP contribution in [0.15, 0.2) is 79.4 Å². The highest BCUT2D eigenvalue weighted by Crippen LogP contribution is 2.45. The fourth-order valence-electron chi connectivity index (χ4n) is 5.27. The van der Waals surface area contributed by atoms with Gasteiger partial charge in [-0.15, -0.1) is 0 Å². The van der Waals surface area contributed by atoms with Crippen LogP contribution in [0.3, 0.4) is 0 Å². The van der Waals surface area contributed by atoms with Gasteiger partial charge in [0.15, 0.2) is 17.4 Å². The number of nitrogens with zero attached hydrogens (tertiary/aromatic N) is 6. The lowest BCUT2D eigenvalue weighted by Crippen LogP contribution is -2.37. The molecule has 38 heavy (non-hydrogen) atoms. The highest BCUT2D eigenvalue weighted by Gasteiger charge is 2.43. The van der Waals surface area contributed by atoms with Crippen molar-refractivity contribution in [2.24, 2.45) is 0 Å². The van der Waals surface area contributed by atoms with Crippen molar-refractivity contribution in [2.75, 3.05) is 7.11 Å². The van der Waals surface area contributed by atoms with Crippen LogP contribution >= 0.6 is 11.6 Å². The summed E-state index contributed by atoms with van der Waals surface area (Å²) >= 11 is 6.25. The van der Waals surface area contributed by atoms with Gasteiger partial charge in [-0.1, -0.05) is 54.1 Å². The van der Waals surface area contributed by atoms with Crippen molar-refractivity contribution in [1.29, 1.82) is 0 Å². The summed E-state index contributed by atoms with van der Waals surface area (Å²) in [6.45, 7) is 2.77. The van der Waals surface area contributed by atoms with Crippen molar-refractivity contribution in [1.82, 2.24) is 29.3 Å². The van der Waals surface area contributed by atoms with Crippen molar-refractivity contribution in [3.8, 4) is 11.6 Å². The monoisotopic (exact) mass is 522 g/mol. The van der Waals surface area contributed by atoms with Crippen molar-refractivity contribution in [2.45, 2.75) is 31.7 Å². The Bertz CT molecular complexity index is 1610. The van der Waals surface area contributed by atoms with Crippen LogP contribution in [-0.2, 0) is 12.0 Å². The number of fused-ring (bicyclic) bond motifs is 1. The van der Waals surface area contributed by atoms with E-state index in [4.69, 9.17) is 26.4 Å². The average Bonchev–Trinajstić information content (AvgIpc) is 3.58. The molecule has 0 amide bonds. The fourth-order valence-corrected chi connectivity index (χ4v) is 5.40. The number of aryl methyl sites for hydroxylation is 2. The van der Waals surface area contributed by atoms with Crippen molar-refractivity contribution < 1.29 is 4.74 Å². The molecule has 0 spiro atoms. The van der Waals surface area contributed by atoms with Gasteiger partial charge in [0.2, 0.25) is 0 Å². The van der Waals surface area contributed by atoms with Gasteiger partial charge in [-0.05, 0) is 66.8 Å². The predicted octanol–water partition coefficient (Wildman–Crippen LogP) is 6.13. The standard InChI is InChI=1S/C30H27ClN6O/c1-21-19-36(20-33-21)28-26(38-2)17-22(18-32-28)9-14-27-34-29-30(15-6-16-37(29)35-27,23-7-4-3-5-8-23)24-10-12-25(31)13-11-24/h3-5,7-14,17-20H,6,15-16H2,1-2H3. The van der Waals surface area contributed by atoms with Crippen molar-refractivity contribution in [3.05, 3.63) is 118 Å². The Morgan fingerprint density at radius 2 is 1.79 bits per heavy atom. The minimum atomic E-state index is -0.404. The number of imidazole rings is 1. The number of ether oxygens (including phenoxy) is 1. The van der Waals surface area contributed by atoms with E-state index in [1.165, 1.54) is 5.56 Å². The zero-order chi connectivity index (χ0) is 26.1. The Morgan fingerprint density at radius 1 is 1.00 bits per heavy atom. The molecular formula is C30H27ClN6O. The zero-order valence-electron chi connectivity index (χ0n) is 21.3. The molecule has 190 valence electrons. The lowest BCUT2D eigenvalue weighted by atomic mass is 9.69. The topological polar surface area (TPSA) is 70.7 Å². The first-order chi connectivity index (χ1) is 18.6. The molecule has 0 saturated carbocycles. The third-order valence-corrected chi connectivity index (χ3v) is 7.30. The van der Waals surface area contributed by atoms with Crippen LogP contribution in [0, 0.1) is 6.92 Å². The summed E-state index contributed by atoms with van der Waals surface area (Å²) in [7, 11) is 1.64. The highest BCUT2D eigenvalue weighted by atomic mass is 35.5. The highest BCUT2D eigenvalue weighted by molar-refractivity contribution is 6.30. The van der Waals surface area contributed by atoms with Crippen LogP contribution < -0.4 is 4.74 Å². The molecule has 6 rings (SSSR count). The third kappa shape index (κ3) is 4.29. The van der Waals surface area contributed by atoms with Crippen LogP contribution in [0.4, 0.5) is 0 Å². The summed E-state index contributed by atoms with van der Waals surface area (Å²) in [6.07, 6.45) is 11.3. The van der Waals surface area contributed by atoms with E-state index in [1.807, 2.05) is 65.0 Å². The molecule has 7 nitrogen and oxygen atoms in total. The van der Waals surface area contributed by atoms with Crippen LogP contribution in [0.2, 0.25) is 5.02 Å². The normalized spacial score (nSPS) is 17.0. The summed E-state index contributed by atoms with van der Waals surface area (Å²) in [6, 6.07) is 20.6. The van der Waals surface area contributed by atoms with Gasteiger partial charge in [0.05, 0.1) is 18.2 Å². The van der Waals surface area contributed by atoms with Gasteiger partial charge in [-0.3, -0.25) is 4.57 Å². The number of halogens is 1. The quantitative estimate of drug-likeness (QED) is 0.268. The largest absolute Gasteiger partial charge is 0.493 e. The van der Waals surface area contributed by atoms with E-state index in [1.54, 1.807) is 13.4 Å². The van der Waals surface area contributed by atoms with Crippen molar-refractivity contribution >= 4 is 23.8 Å². The van der Waals surface area contributed by atoms with Gasteiger partial charge in [-0.2, -0.15) is 5.10 Å². The van der Waals surface area contributed by atoms with Gasteiger partial charge in [0.1, 0.15) is 12.2 Å². The summed E-state index contributed by atoms with van der Waals surface area (Å²) in [5, 5.41) is 5.59. The van der Waals surface area contributed by atoms with Crippen molar-refractivity contribution in [3.63, 3.8) is 0 Å². The number of methoxy groups -OCH3 is 1. The van der Waals surface area contributed by atoms with Gasteiger partial charge < -0.3 is 4.74 Å². The predicted molar refractivity (Wildman–Crippen MR) is 149 cm³/mol. The van der Waals surface area contributed by atoms with Gasteiger partial charge in [0.25, 0.3) is 0 Å². The van der Waals surface area contributed by atoms with E-state index in [0.29, 0.717) is 17.4 Å². The number of hydrogen-bond acceptors (Lipinski definition) is 5. The molecule has 1 atom stereocenters. The van der Waals surface area contributed by atoms with E-state index >= 15 is 0 Å². The smallest absolute Gasteiger partial charge is 0.180 e. The molecule has 0 radical (unpaired) electrons. The van der Waals surface area contributed by atoms with Crippen LogP contribution in [-0.4, -0.2) is 36.4 Å². The number of benzene rings is 2. The number of rotatable bonds is 6. The summed E-state index contributed by atoms with van der Waals surface area (Å²) < 4.78 is 9.52. The number of hydrogen-bond donors (Lipinski definition) is 0. The average molecular weight is 523 g/mol. The first kappa shape index (κ1) is 24.1. The Hall–Kier alpha value is -4.23. The van der Waals surface area contributed by atoms with Gasteiger partial charge >= 0.3 is 0 Å². The SMILES string of the molecule is COc1cc(C=Cc2nc3n(n2)CCCC3(c2ccccc2)c2ccc(Cl)cc2)cnc1-n1cnc(C)c1. The Balaban J connectivity index is 1.38. The maximum Gasteiger partial charge on any atom is 0.180 e. The van der Waals surface area contributed by atoms with E-state index < -0.39 is 5.41 Å². The fraction of sp³-hybridized carbons (Fsp3) is 0.200. The Kier molecular flexibility index (Phi) is 6.29. The molecule has 3 aromatic heterocycles. The second-order valence-corrected chi connectivity index (χ2v) is 9.89. The van der Waals surface area contributed by atoms with Gasteiger partial charge in [0, 0.05) is 24.0 Å². The Morgan fingerprint density at radius 3 is 2.53 bits per heavy atom. The maximum absolute atomic E-state index is 6.25. The molecule has 0 aliphatic carbocycles. The molecule has 1 aliphatic rings. The summed E-state index contributed by atoms with van der Waals surface area (Å²) in [5.41, 5.74) is 3.76. The molecule has 0 N–H and O–H groups in total. The minimum absolute atomic E-state index is 0.404. The van der Waals surface area contributed by atoms with E-state index in [9.17, 15) is 0 Å². The summed E-state index contributed by atoms with van der Waals surface area (Å²) in [4.78, 5) is 14.0. The molecule has 2 aromatic carbocycles. The first-order valence-electron chi connectivity index (χ1n) is 12.6. The van der Waals surface area contributed by atoms with E-state index in [-0.39, 0.29) is 0 Å². The van der Waals surface area contributed by atoms with Gasteiger partial charge in [-0.25, -0.2) is 19.6 Å². The second-order valence-electron chi connectivity index (χ2n) is 9.45. The summed E-state index contributed by atoms with van der Waals surface area (Å²) in [5.74, 6) is 2.95. The molecule has 5 aromatic rings. The van der Waals surface area contributed by atoms with E-state index in [0.717, 1.165) is 47.1 Å². The molecule has 4 heterocycles. The molecule has 1 unspecified atom stereocenters. The molecular weight excluding hydrogens is 496 g/mol. The third-order valence-electron chi connectivity index (χ3n) is 7.05. The van der Waals surface area contributed by atoms with Crippen LogP contribution in [0.1, 0.15) is 46.9 Å². The number of aromatic nitrogens is 6. The minimum Gasteiger partial charge on any atom is -0.493 e. The van der Waals surface area contributed by atoms with Crippen LogP contribution in [0.25, 0.3) is 18.0 Å². The van der Waals surface area contributed by atoms with Crippen LogP contribution in [0.5, 0.6) is 5.75 Å². The number of pyridine rings is 1.